The van der Waals surface area contributed by atoms with Crippen LogP contribution in [0.3, 0.4) is 0 Å². The SMILES string of the molecule is C=C(CCC(=O)OC(C)(C)C)OP(=O)(OCC)OCC. The Morgan fingerprint density at radius 2 is 1.60 bits per heavy atom. The van der Waals surface area contributed by atoms with Gasteiger partial charge in [-0.1, -0.05) is 6.58 Å². The molecule has 0 bridgehead atoms. The summed E-state index contributed by atoms with van der Waals surface area (Å²) < 4.78 is 32.2. The first kappa shape index (κ1) is 19.2. The molecule has 0 spiro atoms. The second-order valence-electron chi connectivity index (χ2n) is 5.00. The highest BCUT2D eigenvalue weighted by atomic mass is 31.2. The summed E-state index contributed by atoms with van der Waals surface area (Å²) in [6, 6.07) is 0. The van der Waals surface area contributed by atoms with Gasteiger partial charge in [-0.3, -0.25) is 13.8 Å². The zero-order chi connectivity index (χ0) is 15.8. The Balaban J connectivity index is 4.28. The average molecular weight is 308 g/mol. The van der Waals surface area contributed by atoms with Crippen molar-refractivity contribution in [3.63, 3.8) is 0 Å². The lowest BCUT2D eigenvalue weighted by Gasteiger charge is -2.20. The van der Waals surface area contributed by atoms with Crippen molar-refractivity contribution in [2.24, 2.45) is 0 Å². The van der Waals surface area contributed by atoms with Crippen molar-refractivity contribution in [3.05, 3.63) is 12.3 Å². The topological polar surface area (TPSA) is 71.1 Å². The molecule has 0 aliphatic rings. The summed E-state index contributed by atoms with van der Waals surface area (Å²) in [7, 11) is -3.63. The van der Waals surface area contributed by atoms with Crippen molar-refractivity contribution in [2.45, 2.75) is 53.1 Å². The van der Waals surface area contributed by atoms with Crippen molar-refractivity contribution < 1.29 is 27.7 Å². The molecule has 20 heavy (non-hydrogen) atoms. The highest BCUT2D eigenvalue weighted by Crippen LogP contribution is 2.51. The van der Waals surface area contributed by atoms with Gasteiger partial charge in [-0.05, 0) is 34.6 Å². The number of ether oxygens (including phenoxy) is 1. The molecule has 0 fully saturated rings. The summed E-state index contributed by atoms with van der Waals surface area (Å²) >= 11 is 0. The third-order valence-electron chi connectivity index (χ3n) is 1.84. The van der Waals surface area contributed by atoms with E-state index in [0.29, 0.717) is 0 Å². The molecule has 0 atom stereocenters. The van der Waals surface area contributed by atoms with Gasteiger partial charge in [0.1, 0.15) is 11.4 Å². The molecule has 7 heteroatoms. The summed E-state index contributed by atoms with van der Waals surface area (Å²) in [5.41, 5.74) is -0.536. The molecule has 0 aromatic rings. The molecule has 0 aliphatic heterocycles. The summed E-state index contributed by atoms with van der Waals surface area (Å²) in [5, 5.41) is 0. The number of hydrogen-bond acceptors (Lipinski definition) is 6. The normalized spacial score (nSPS) is 12.1. The maximum Gasteiger partial charge on any atom is 0.529 e. The minimum Gasteiger partial charge on any atom is -0.460 e. The number of rotatable bonds is 9. The molecule has 118 valence electrons. The molecular weight excluding hydrogens is 283 g/mol. The van der Waals surface area contributed by atoms with Crippen LogP contribution in [0.4, 0.5) is 0 Å². The molecule has 0 aliphatic carbocycles. The van der Waals surface area contributed by atoms with Gasteiger partial charge in [0, 0.05) is 6.42 Å². The van der Waals surface area contributed by atoms with Crippen molar-refractivity contribution in [1.82, 2.24) is 0 Å². The quantitative estimate of drug-likeness (QED) is 0.366. The van der Waals surface area contributed by atoms with Crippen LogP contribution in [0, 0.1) is 0 Å². The van der Waals surface area contributed by atoms with Crippen LogP contribution in [0.5, 0.6) is 0 Å². The smallest absolute Gasteiger partial charge is 0.460 e. The lowest BCUT2D eigenvalue weighted by Crippen LogP contribution is -2.23. The minimum atomic E-state index is -3.63. The zero-order valence-corrected chi connectivity index (χ0v) is 13.8. The predicted octanol–water partition coefficient (Wildman–Crippen LogP) is 3.82. The molecule has 0 aromatic heterocycles. The fourth-order valence-corrected chi connectivity index (χ4v) is 2.46. The van der Waals surface area contributed by atoms with E-state index < -0.39 is 13.4 Å². The molecule has 0 N–H and O–H groups in total. The Labute approximate surface area is 121 Å². The molecule has 0 saturated carbocycles. The van der Waals surface area contributed by atoms with E-state index in [1.165, 1.54) is 0 Å². The first-order valence-electron chi connectivity index (χ1n) is 6.60. The molecular formula is C13H25O6P. The fourth-order valence-electron chi connectivity index (χ4n) is 1.24. The summed E-state index contributed by atoms with van der Waals surface area (Å²) in [4.78, 5) is 11.5. The Hall–Kier alpha value is -0.840. The van der Waals surface area contributed by atoms with Crippen LogP contribution < -0.4 is 0 Å². The average Bonchev–Trinajstić information content (AvgIpc) is 2.24. The van der Waals surface area contributed by atoms with Crippen molar-refractivity contribution in [2.75, 3.05) is 13.2 Å². The van der Waals surface area contributed by atoms with Gasteiger partial charge in [-0.15, -0.1) is 0 Å². The molecule has 0 radical (unpaired) electrons. The zero-order valence-electron chi connectivity index (χ0n) is 12.9. The monoisotopic (exact) mass is 308 g/mol. The van der Waals surface area contributed by atoms with E-state index in [1.807, 2.05) is 0 Å². The molecule has 0 aromatic carbocycles. The van der Waals surface area contributed by atoms with Crippen molar-refractivity contribution in [1.29, 1.82) is 0 Å². The van der Waals surface area contributed by atoms with Gasteiger partial charge < -0.3 is 9.26 Å². The number of hydrogen-bond donors (Lipinski definition) is 0. The molecule has 6 nitrogen and oxygen atoms in total. The van der Waals surface area contributed by atoms with E-state index in [1.54, 1.807) is 34.6 Å². The standard InChI is InChI=1S/C13H25O6P/c1-7-16-20(15,17-8-2)19-11(3)9-10-12(14)18-13(4,5)6/h3,7-10H2,1-2,4-6H3. The Morgan fingerprint density at radius 3 is 2.00 bits per heavy atom. The second-order valence-corrected chi connectivity index (χ2v) is 6.59. The lowest BCUT2D eigenvalue weighted by molar-refractivity contribution is -0.154. The van der Waals surface area contributed by atoms with Crippen LogP contribution in [-0.2, 0) is 27.7 Å². The van der Waals surface area contributed by atoms with Gasteiger partial charge in [0.05, 0.1) is 19.6 Å². The van der Waals surface area contributed by atoms with Crippen LogP contribution >= 0.6 is 7.82 Å². The summed E-state index contributed by atoms with van der Waals surface area (Å²) in [6.45, 7) is 12.7. The van der Waals surface area contributed by atoms with Crippen LogP contribution in [0.1, 0.15) is 47.5 Å². The molecule has 0 unspecified atom stereocenters. The Bertz CT molecular complexity index is 362. The second kappa shape index (κ2) is 8.45. The number of phosphoric acid groups is 1. The molecule has 0 heterocycles. The van der Waals surface area contributed by atoms with Crippen LogP contribution in [0.25, 0.3) is 0 Å². The molecule has 0 saturated heterocycles. The van der Waals surface area contributed by atoms with E-state index in [-0.39, 0.29) is 37.8 Å². The predicted molar refractivity (Wildman–Crippen MR) is 76.2 cm³/mol. The Morgan fingerprint density at radius 1 is 1.10 bits per heavy atom. The van der Waals surface area contributed by atoms with E-state index >= 15 is 0 Å². The van der Waals surface area contributed by atoms with E-state index in [2.05, 4.69) is 6.58 Å². The number of carbonyl (C=O) groups is 1. The first-order chi connectivity index (χ1) is 9.12. The first-order valence-corrected chi connectivity index (χ1v) is 8.06. The maximum atomic E-state index is 12.1. The number of allylic oxidation sites excluding steroid dienone is 1. The van der Waals surface area contributed by atoms with Gasteiger partial charge in [-0.2, -0.15) is 0 Å². The number of esters is 1. The van der Waals surface area contributed by atoms with Crippen LogP contribution in [0.15, 0.2) is 12.3 Å². The highest BCUT2D eigenvalue weighted by molar-refractivity contribution is 7.48. The Kier molecular flexibility index (Phi) is 8.09. The van der Waals surface area contributed by atoms with Crippen molar-refractivity contribution >= 4 is 13.8 Å². The van der Waals surface area contributed by atoms with Crippen LogP contribution in [-0.4, -0.2) is 24.8 Å². The van der Waals surface area contributed by atoms with E-state index in [4.69, 9.17) is 18.3 Å². The minimum absolute atomic E-state index is 0.0916. The van der Waals surface area contributed by atoms with Gasteiger partial charge in [-0.25, -0.2) is 4.57 Å². The number of carbonyl (C=O) groups excluding carboxylic acids is 1. The largest absolute Gasteiger partial charge is 0.529 e. The lowest BCUT2D eigenvalue weighted by atomic mass is 10.2. The highest BCUT2D eigenvalue weighted by Gasteiger charge is 2.28. The summed E-state index contributed by atoms with van der Waals surface area (Å²) in [5.74, 6) is -0.203. The van der Waals surface area contributed by atoms with Crippen LogP contribution in [0.2, 0.25) is 0 Å². The van der Waals surface area contributed by atoms with Crippen molar-refractivity contribution in [3.8, 4) is 0 Å². The third kappa shape index (κ3) is 9.13. The van der Waals surface area contributed by atoms with Gasteiger partial charge in [0.25, 0.3) is 0 Å². The maximum absolute atomic E-state index is 12.1. The van der Waals surface area contributed by atoms with Gasteiger partial charge >= 0.3 is 13.8 Å². The summed E-state index contributed by atoms with van der Waals surface area (Å²) in [6.07, 6.45) is 0.285. The fraction of sp³-hybridized carbons (Fsp3) is 0.769. The third-order valence-corrected chi connectivity index (χ3v) is 3.47. The molecule has 0 rings (SSSR count). The molecule has 0 amide bonds. The van der Waals surface area contributed by atoms with E-state index in [0.717, 1.165) is 0 Å². The van der Waals surface area contributed by atoms with E-state index in [9.17, 15) is 9.36 Å². The van der Waals surface area contributed by atoms with Gasteiger partial charge in [0.2, 0.25) is 0 Å². The van der Waals surface area contributed by atoms with Gasteiger partial charge in [0.15, 0.2) is 0 Å². The number of phosphoric ester groups is 1.